The Morgan fingerprint density at radius 2 is 1.49 bits per heavy atom. The summed E-state index contributed by atoms with van der Waals surface area (Å²) in [5.41, 5.74) is 4.32. The van der Waals surface area contributed by atoms with E-state index in [0.29, 0.717) is 11.1 Å². The van der Waals surface area contributed by atoms with Crippen molar-refractivity contribution in [3.8, 4) is 35.3 Å². The summed E-state index contributed by atoms with van der Waals surface area (Å²) in [4.78, 5) is 39.3. The van der Waals surface area contributed by atoms with Crippen molar-refractivity contribution < 1.29 is 23.9 Å². The molecule has 8 heteroatoms. The molecule has 0 fully saturated rings. The molecule has 7 nitrogen and oxygen atoms in total. The Hall–Kier alpha value is -5.31. The molecule has 2 heterocycles. The van der Waals surface area contributed by atoms with Crippen LogP contribution in [0.25, 0.3) is 11.1 Å². The van der Waals surface area contributed by atoms with Crippen molar-refractivity contribution in [1.82, 2.24) is 5.01 Å². The van der Waals surface area contributed by atoms with E-state index in [-0.39, 0.29) is 16.4 Å². The average molecular weight is 585 g/mol. The van der Waals surface area contributed by atoms with Crippen LogP contribution in [0.5, 0.6) is 0 Å². The topological polar surface area (TPSA) is 85.3 Å². The second kappa shape index (κ2) is 10.8. The number of fused-ring (bicyclic) bond motifs is 7. The minimum absolute atomic E-state index is 0.00451. The van der Waals surface area contributed by atoms with Gasteiger partial charge in [-0.25, -0.2) is 14.6 Å². The Morgan fingerprint density at radius 1 is 0.884 bits per heavy atom. The van der Waals surface area contributed by atoms with E-state index >= 15 is 0 Å². The summed E-state index contributed by atoms with van der Waals surface area (Å²) in [7, 11) is 2.55. The molecule has 1 aliphatic carbocycles. The molecule has 0 saturated carbocycles. The van der Waals surface area contributed by atoms with E-state index in [9.17, 15) is 14.4 Å². The second-order valence-corrected chi connectivity index (χ2v) is 11.2. The molecule has 2 atom stereocenters. The third-order valence-corrected chi connectivity index (χ3v) is 8.51. The highest BCUT2D eigenvalue weighted by Crippen LogP contribution is 2.61. The maximum Gasteiger partial charge on any atom is 0.356 e. The molecule has 0 bridgehead atoms. The fourth-order valence-corrected chi connectivity index (χ4v) is 6.68. The van der Waals surface area contributed by atoms with E-state index in [1.165, 1.54) is 37.9 Å². The van der Waals surface area contributed by atoms with E-state index in [1.54, 1.807) is 12.3 Å². The summed E-state index contributed by atoms with van der Waals surface area (Å²) in [5, 5.41) is 6.04. The summed E-state index contributed by atoms with van der Waals surface area (Å²) < 4.78 is 10.5. The van der Waals surface area contributed by atoms with E-state index in [0.717, 1.165) is 32.7 Å². The van der Waals surface area contributed by atoms with Crippen LogP contribution in [-0.4, -0.2) is 48.5 Å². The van der Waals surface area contributed by atoms with E-state index in [4.69, 9.17) is 15.9 Å². The summed E-state index contributed by atoms with van der Waals surface area (Å²) in [6, 6.07) is 18.4. The monoisotopic (exact) mass is 584 g/mol. The molecule has 1 spiro atoms. The third kappa shape index (κ3) is 4.35. The molecule has 0 saturated heterocycles. The van der Waals surface area contributed by atoms with Gasteiger partial charge in [-0.3, -0.25) is 4.79 Å². The number of methoxy groups -OCH3 is 2. The van der Waals surface area contributed by atoms with Crippen LogP contribution in [0.15, 0.2) is 94.1 Å². The molecule has 0 aromatic heterocycles. The quantitative estimate of drug-likeness (QED) is 0.248. The molecule has 0 radical (unpaired) electrons. The Kier molecular flexibility index (Phi) is 7.01. The predicted octanol–water partition coefficient (Wildman–Crippen LogP) is 4.81. The van der Waals surface area contributed by atoms with Gasteiger partial charge in [0, 0.05) is 34.7 Å². The number of benzene rings is 3. The molecule has 43 heavy (non-hydrogen) atoms. The van der Waals surface area contributed by atoms with Crippen molar-refractivity contribution in [1.29, 1.82) is 0 Å². The highest BCUT2D eigenvalue weighted by Gasteiger charge is 2.62. The fourth-order valence-electron chi connectivity index (χ4n) is 6.07. The Labute approximate surface area is 253 Å². The first-order chi connectivity index (χ1) is 20.8. The van der Waals surface area contributed by atoms with Crippen LogP contribution in [0.3, 0.4) is 0 Å². The van der Waals surface area contributed by atoms with Crippen LogP contribution < -0.4 is 0 Å². The molecule has 6 rings (SSSR count). The first-order valence-corrected chi connectivity index (χ1v) is 14.1. The van der Waals surface area contributed by atoms with Crippen molar-refractivity contribution in [3.63, 3.8) is 0 Å². The molecule has 2 aliphatic heterocycles. The van der Waals surface area contributed by atoms with Gasteiger partial charge in [0.15, 0.2) is 10.8 Å². The van der Waals surface area contributed by atoms with Crippen molar-refractivity contribution in [3.05, 3.63) is 112 Å². The molecule has 0 N–H and O–H groups in total. The zero-order valence-electron chi connectivity index (χ0n) is 23.5. The highest BCUT2D eigenvalue weighted by molar-refractivity contribution is 8.13. The van der Waals surface area contributed by atoms with Gasteiger partial charge in [0.1, 0.15) is 0 Å². The molecule has 210 valence electrons. The standard InChI is InChI=1S/C35H24N2O5S/c1-5-22-12-16-26-27-17-13-24(9-8-23-10-14-25(15-11-23)43-21(2)38)20-29(27)35(28(26)19-22)30-7-6-18-36-37(30)32(34(40)42-4)31(35)33(39)41-3/h1,6-7,10-20,30H,2-4H3. The lowest BCUT2D eigenvalue weighted by atomic mass is 9.67. The van der Waals surface area contributed by atoms with Gasteiger partial charge in [-0.1, -0.05) is 47.7 Å². The number of allylic oxidation sites excluding steroid dienone is 1. The lowest BCUT2D eigenvalue weighted by Crippen LogP contribution is -2.44. The van der Waals surface area contributed by atoms with Crippen molar-refractivity contribution >= 4 is 35.0 Å². The van der Waals surface area contributed by atoms with Gasteiger partial charge in [0.2, 0.25) is 0 Å². The van der Waals surface area contributed by atoms with Gasteiger partial charge in [-0.2, -0.15) is 5.10 Å². The van der Waals surface area contributed by atoms with Crippen LogP contribution in [0.4, 0.5) is 0 Å². The Bertz CT molecular complexity index is 1920. The molecule has 3 aromatic rings. The van der Waals surface area contributed by atoms with Crippen LogP contribution in [-0.2, 0) is 29.3 Å². The van der Waals surface area contributed by atoms with Gasteiger partial charge in [0.05, 0.1) is 31.2 Å². The highest BCUT2D eigenvalue weighted by atomic mass is 32.2. The Balaban J connectivity index is 1.59. The number of hydrogen-bond donors (Lipinski definition) is 0. The number of terminal acetylenes is 1. The number of thioether (sulfide) groups is 1. The maximum absolute atomic E-state index is 13.7. The lowest BCUT2D eigenvalue weighted by Gasteiger charge is -2.36. The van der Waals surface area contributed by atoms with Crippen LogP contribution in [0.2, 0.25) is 0 Å². The van der Waals surface area contributed by atoms with Gasteiger partial charge >= 0.3 is 11.9 Å². The number of esters is 2. The van der Waals surface area contributed by atoms with Crippen molar-refractivity contribution in [2.24, 2.45) is 5.10 Å². The number of ether oxygens (including phenoxy) is 2. The van der Waals surface area contributed by atoms with Crippen LogP contribution in [0, 0.1) is 24.2 Å². The summed E-state index contributed by atoms with van der Waals surface area (Å²) in [6.07, 6.45) is 11.1. The first-order valence-electron chi connectivity index (χ1n) is 13.3. The zero-order chi connectivity index (χ0) is 30.3. The normalized spacial score (nSPS) is 18.7. The van der Waals surface area contributed by atoms with E-state index < -0.39 is 23.4 Å². The SMILES string of the molecule is C#Cc1ccc2c(c1)C1(C(C(=O)OC)=C(C(=O)OC)N3N=CC=CC31)c1cc(C#Cc3ccc(SC(C)=O)cc3)ccc1-2. The summed E-state index contributed by atoms with van der Waals surface area (Å²) >= 11 is 1.17. The number of nitrogens with zero attached hydrogens (tertiary/aromatic N) is 2. The lowest BCUT2D eigenvalue weighted by molar-refractivity contribution is -0.140. The summed E-state index contributed by atoms with van der Waals surface area (Å²) in [5.74, 6) is 7.75. The molecule has 0 amide bonds. The van der Waals surface area contributed by atoms with Gasteiger partial charge in [-0.15, -0.1) is 6.42 Å². The van der Waals surface area contributed by atoms with Gasteiger partial charge in [-0.05, 0) is 76.9 Å². The first kappa shape index (κ1) is 27.8. The number of carbonyl (C=O) groups excluding carboxylic acids is 3. The molecule has 3 aromatic carbocycles. The second-order valence-electron chi connectivity index (χ2n) is 9.99. The third-order valence-electron chi connectivity index (χ3n) is 7.72. The predicted molar refractivity (Wildman–Crippen MR) is 164 cm³/mol. The van der Waals surface area contributed by atoms with Crippen molar-refractivity contribution in [2.75, 3.05) is 14.2 Å². The average Bonchev–Trinajstić information content (AvgIpc) is 3.49. The summed E-state index contributed by atoms with van der Waals surface area (Å²) in [6.45, 7) is 1.53. The molecular formula is C35H24N2O5S. The molecule has 3 aliphatic rings. The Morgan fingerprint density at radius 3 is 2.12 bits per heavy atom. The minimum atomic E-state index is -1.20. The number of hydrogen-bond acceptors (Lipinski definition) is 8. The largest absolute Gasteiger partial charge is 0.466 e. The molecular weight excluding hydrogens is 560 g/mol. The smallest absolute Gasteiger partial charge is 0.356 e. The number of rotatable bonds is 3. The van der Waals surface area contributed by atoms with Crippen LogP contribution in [0.1, 0.15) is 34.7 Å². The van der Waals surface area contributed by atoms with Gasteiger partial charge < -0.3 is 9.47 Å². The number of carbonyl (C=O) groups is 3. The van der Waals surface area contributed by atoms with Crippen LogP contribution >= 0.6 is 11.8 Å². The molecule has 2 unspecified atom stereocenters. The van der Waals surface area contributed by atoms with E-state index in [2.05, 4.69) is 22.9 Å². The van der Waals surface area contributed by atoms with E-state index in [1.807, 2.05) is 66.7 Å². The van der Waals surface area contributed by atoms with Gasteiger partial charge in [0.25, 0.3) is 0 Å². The fraction of sp³-hybridized carbons (Fsp3) is 0.143. The van der Waals surface area contributed by atoms with Crippen molar-refractivity contribution in [2.45, 2.75) is 23.3 Å². The number of hydrazone groups is 1. The maximum atomic E-state index is 13.7. The minimum Gasteiger partial charge on any atom is -0.466 e. The zero-order valence-corrected chi connectivity index (χ0v) is 24.3.